The number of pyridine rings is 1. The van der Waals surface area contributed by atoms with Crippen LogP contribution in [0.5, 0.6) is 0 Å². The highest BCUT2D eigenvalue weighted by atomic mass is 16.1. The second-order valence-electron chi connectivity index (χ2n) is 6.80. The van der Waals surface area contributed by atoms with E-state index in [9.17, 15) is 4.79 Å². The first-order valence-corrected chi connectivity index (χ1v) is 9.42. The van der Waals surface area contributed by atoms with Gasteiger partial charge in [-0.1, -0.05) is 48.5 Å². The Kier molecular flexibility index (Phi) is 5.16. The minimum Gasteiger partial charge on any atom is -0.344 e. The van der Waals surface area contributed by atoms with Crippen LogP contribution in [0, 0.1) is 6.92 Å². The summed E-state index contributed by atoms with van der Waals surface area (Å²) in [6, 6.07) is 21.1. The van der Waals surface area contributed by atoms with Crippen molar-refractivity contribution in [1.29, 1.82) is 0 Å². The van der Waals surface area contributed by atoms with Gasteiger partial charge in [0.15, 0.2) is 0 Å². The van der Waals surface area contributed by atoms with Gasteiger partial charge in [-0.25, -0.2) is 9.97 Å². The van der Waals surface area contributed by atoms with E-state index in [-0.39, 0.29) is 11.9 Å². The van der Waals surface area contributed by atoms with E-state index in [1.807, 2.05) is 67.6 Å². The molecule has 1 unspecified atom stereocenters. The van der Waals surface area contributed by atoms with E-state index in [2.05, 4.69) is 25.6 Å². The van der Waals surface area contributed by atoms with Crippen molar-refractivity contribution in [3.8, 4) is 0 Å². The molecule has 1 amide bonds. The average molecular weight is 383 g/mol. The van der Waals surface area contributed by atoms with Gasteiger partial charge in [0.25, 0.3) is 5.91 Å². The van der Waals surface area contributed by atoms with Crippen molar-refractivity contribution in [3.05, 3.63) is 90.0 Å². The lowest BCUT2D eigenvalue weighted by molar-refractivity contribution is 0.0934. The summed E-state index contributed by atoms with van der Waals surface area (Å²) in [4.78, 5) is 25.9. The molecule has 4 rings (SSSR count). The number of anilines is 2. The van der Waals surface area contributed by atoms with Crippen molar-refractivity contribution < 1.29 is 4.79 Å². The van der Waals surface area contributed by atoms with E-state index in [0.717, 1.165) is 22.2 Å². The molecule has 2 heterocycles. The van der Waals surface area contributed by atoms with Crippen LogP contribution >= 0.6 is 0 Å². The number of hydrogen-bond acceptors (Lipinski definition) is 5. The molecule has 6 heteroatoms. The topological polar surface area (TPSA) is 79.8 Å². The Bertz CT molecular complexity index is 1150. The van der Waals surface area contributed by atoms with E-state index < -0.39 is 0 Å². The molecule has 0 bridgehead atoms. The molecular formula is C23H21N5O. The van der Waals surface area contributed by atoms with Gasteiger partial charge in [-0.15, -0.1) is 0 Å². The predicted octanol–water partition coefficient (Wildman–Crippen LogP) is 4.57. The first kappa shape index (κ1) is 18.6. The predicted molar refractivity (Wildman–Crippen MR) is 114 cm³/mol. The molecule has 144 valence electrons. The van der Waals surface area contributed by atoms with Crippen LogP contribution in [0.1, 0.15) is 34.8 Å². The molecule has 0 saturated heterocycles. The number of carbonyl (C=O) groups excluding carboxylic acids is 1. The van der Waals surface area contributed by atoms with E-state index in [1.54, 1.807) is 19.2 Å². The van der Waals surface area contributed by atoms with Crippen molar-refractivity contribution >= 4 is 28.3 Å². The van der Waals surface area contributed by atoms with Gasteiger partial charge in [-0.05, 0) is 31.5 Å². The highest BCUT2D eigenvalue weighted by Crippen LogP contribution is 2.24. The van der Waals surface area contributed by atoms with Gasteiger partial charge in [-0.2, -0.15) is 0 Å². The second-order valence-corrected chi connectivity index (χ2v) is 6.80. The number of rotatable bonds is 5. The maximum atomic E-state index is 12.8. The molecule has 2 aromatic heterocycles. The van der Waals surface area contributed by atoms with Crippen molar-refractivity contribution in [2.75, 3.05) is 5.32 Å². The lowest BCUT2D eigenvalue weighted by atomic mass is 10.1. The summed E-state index contributed by atoms with van der Waals surface area (Å²) in [5.41, 5.74) is 3.02. The molecule has 0 fully saturated rings. The van der Waals surface area contributed by atoms with Crippen LogP contribution in [-0.2, 0) is 0 Å². The van der Waals surface area contributed by atoms with Gasteiger partial charge in [0, 0.05) is 17.6 Å². The van der Waals surface area contributed by atoms with Gasteiger partial charge in [0.2, 0.25) is 0 Å². The second kappa shape index (κ2) is 8.06. The van der Waals surface area contributed by atoms with Gasteiger partial charge < -0.3 is 10.6 Å². The molecule has 0 spiro atoms. The summed E-state index contributed by atoms with van der Waals surface area (Å²) in [6.07, 6.45) is 1.75. The molecule has 0 aliphatic heterocycles. The van der Waals surface area contributed by atoms with Crippen LogP contribution in [0.25, 0.3) is 10.9 Å². The van der Waals surface area contributed by atoms with Gasteiger partial charge in [0.05, 0.1) is 17.2 Å². The lowest BCUT2D eigenvalue weighted by Gasteiger charge is -2.15. The molecule has 6 nitrogen and oxygen atoms in total. The zero-order valence-corrected chi connectivity index (χ0v) is 16.3. The Balaban J connectivity index is 1.58. The minimum atomic E-state index is -0.244. The fourth-order valence-electron chi connectivity index (χ4n) is 3.19. The van der Waals surface area contributed by atoms with Gasteiger partial charge in [-0.3, -0.25) is 9.78 Å². The number of aromatic nitrogens is 3. The maximum absolute atomic E-state index is 12.8. The van der Waals surface area contributed by atoms with E-state index >= 15 is 0 Å². The maximum Gasteiger partial charge on any atom is 0.270 e. The highest BCUT2D eigenvalue weighted by Gasteiger charge is 2.15. The number of benzene rings is 2. The molecule has 0 saturated carbocycles. The summed E-state index contributed by atoms with van der Waals surface area (Å²) < 4.78 is 0. The number of para-hydroxylation sites is 1. The van der Waals surface area contributed by atoms with Crippen LogP contribution < -0.4 is 10.6 Å². The summed E-state index contributed by atoms with van der Waals surface area (Å²) >= 11 is 0. The standard InChI is InChI=1S/C23H21N5O/c1-15(17-8-4-3-5-9-17)25-23(29)20-14-21(27-16(2)26-20)28-19-12-6-10-18-11-7-13-24-22(18)19/h3-15H,1-2H3,(H,25,29)(H,26,27,28). The third kappa shape index (κ3) is 4.21. The Labute approximate surface area is 169 Å². The SMILES string of the molecule is Cc1nc(Nc2cccc3cccnc23)cc(C(=O)NC(C)c2ccccc2)n1. The number of hydrogen-bond donors (Lipinski definition) is 2. The fraction of sp³-hybridized carbons (Fsp3) is 0.130. The number of carbonyl (C=O) groups is 1. The van der Waals surface area contributed by atoms with Crippen LogP contribution in [0.3, 0.4) is 0 Å². The quantitative estimate of drug-likeness (QED) is 0.528. The van der Waals surface area contributed by atoms with Crippen molar-refractivity contribution in [1.82, 2.24) is 20.3 Å². The van der Waals surface area contributed by atoms with Gasteiger partial charge >= 0.3 is 0 Å². The third-order valence-electron chi connectivity index (χ3n) is 4.61. The Morgan fingerprint density at radius 2 is 1.76 bits per heavy atom. The zero-order valence-electron chi connectivity index (χ0n) is 16.3. The molecule has 29 heavy (non-hydrogen) atoms. The summed E-state index contributed by atoms with van der Waals surface area (Å²) in [5.74, 6) is 0.819. The van der Waals surface area contributed by atoms with Crippen molar-refractivity contribution in [2.24, 2.45) is 0 Å². The van der Waals surface area contributed by atoms with E-state index in [4.69, 9.17) is 0 Å². The largest absolute Gasteiger partial charge is 0.344 e. The first-order valence-electron chi connectivity index (χ1n) is 9.42. The molecule has 2 N–H and O–H groups in total. The minimum absolute atomic E-state index is 0.127. The number of nitrogens with zero attached hydrogens (tertiary/aromatic N) is 3. The molecule has 0 aliphatic carbocycles. The number of nitrogens with one attached hydrogen (secondary N) is 2. The molecule has 0 aliphatic rings. The normalized spacial score (nSPS) is 11.8. The summed E-state index contributed by atoms with van der Waals surface area (Å²) in [7, 11) is 0. The first-order chi connectivity index (χ1) is 14.1. The van der Waals surface area contributed by atoms with Crippen LogP contribution in [-0.4, -0.2) is 20.9 Å². The van der Waals surface area contributed by atoms with Crippen molar-refractivity contribution in [3.63, 3.8) is 0 Å². The molecule has 2 aromatic carbocycles. The van der Waals surface area contributed by atoms with Crippen LogP contribution in [0.2, 0.25) is 0 Å². The lowest BCUT2D eigenvalue weighted by Crippen LogP contribution is -2.27. The fourth-order valence-corrected chi connectivity index (χ4v) is 3.19. The Morgan fingerprint density at radius 3 is 2.59 bits per heavy atom. The molecular weight excluding hydrogens is 362 g/mol. The average Bonchev–Trinajstić information content (AvgIpc) is 2.74. The monoisotopic (exact) mass is 383 g/mol. The smallest absolute Gasteiger partial charge is 0.270 e. The summed E-state index contributed by atoms with van der Waals surface area (Å²) in [6.45, 7) is 3.71. The molecule has 1 atom stereocenters. The van der Waals surface area contributed by atoms with Crippen molar-refractivity contribution in [2.45, 2.75) is 19.9 Å². The van der Waals surface area contributed by atoms with Crippen LogP contribution in [0.15, 0.2) is 72.9 Å². The Morgan fingerprint density at radius 1 is 0.966 bits per heavy atom. The third-order valence-corrected chi connectivity index (χ3v) is 4.61. The van der Waals surface area contributed by atoms with E-state index in [1.165, 1.54) is 0 Å². The summed E-state index contributed by atoms with van der Waals surface area (Å²) in [5, 5.41) is 7.29. The number of amides is 1. The van der Waals surface area contributed by atoms with Gasteiger partial charge in [0.1, 0.15) is 17.3 Å². The van der Waals surface area contributed by atoms with Crippen LogP contribution in [0.4, 0.5) is 11.5 Å². The highest BCUT2D eigenvalue weighted by molar-refractivity contribution is 5.94. The van der Waals surface area contributed by atoms with E-state index in [0.29, 0.717) is 17.3 Å². The number of aryl methyl sites for hydroxylation is 1. The molecule has 0 radical (unpaired) electrons. The number of fused-ring (bicyclic) bond motifs is 1. The Hall–Kier alpha value is -3.80. The molecule has 4 aromatic rings. The zero-order chi connectivity index (χ0) is 20.2.